The number of hydrogen-bond donors (Lipinski definition) is 1. The van der Waals surface area contributed by atoms with E-state index in [9.17, 15) is 10.1 Å². The van der Waals surface area contributed by atoms with Gasteiger partial charge in [-0.3, -0.25) is 10.1 Å². The summed E-state index contributed by atoms with van der Waals surface area (Å²) in [6, 6.07) is 5.92. The highest BCUT2D eigenvalue weighted by atomic mass is 16.6. The Morgan fingerprint density at radius 3 is 2.71 bits per heavy atom. The lowest BCUT2D eigenvalue weighted by molar-refractivity contribution is -0.383. The molecule has 0 atom stereocenters. The highest BCUT2D eigenvalue weighted by molar-refractivity contribution is 5.75. The van der Waals surface area contributed by atoms with Crippen molar-refractivity contribution in [2.45, 2.75) is 33.6 Å². The molecule has 0 aliphatic rings. The molecular weight excluding hydrogens is 306 g/mol. The zero-order valence-corrected chi connectivity index (χ0v) is 14.5. The minimum atomic E-state index is -0.425. The number of rotatable bonds is 7. The normalized spacial score (nSPS) is 10.5. The Morgan fingerprint density at radius 1 is 1.29 bits per heavy atom. The predicted octanol–water partition coefficient (Wildman–Crippen LogP) is 3.98. The van der Waals surface area contributed by atoms with Crippen LogP contribution in [0.3, 0.4) is 0 Å². The number of hydrogen-bond acceptors (Lipinski definition) is 6. The highest BCUT2D eigenvalue weighted by Crippen LogP contribution is 2.33. The quantitative estimate of drug-likeness (QED) is 0.611. The van der Waals surface area contributed by atoms with Crippen LogP contribution in [0.1, 0.15) is 30.9 Å². The Bertz CT molecular complexity index is 733. The fraction of sp³-hybridized carbons (Fsp3) is 0.412. The number of anilines is 3. The summed E-state index contributed by atoms with van der Waals surface area (Å²) >= 11 is 0. The molecule has 2 aromatic rings. The first-order valence-corrected chi connectivity index (χ1v) is 7.98. The van der Waals surface area contributed by atoms with Crippen LogP contribution in [0.4, 0.5) is 23.0 Å². The molecule has 128 valence electrons. The molecule has 7 nitrogen and oxygen atoms in total. The van der Waals surface area contributed by atoms with Crippen molar-refractivity contribution in [3.8, 4) is 0 Å². The summed E-state index contributed by atoms with van der Waals surface area (Å²) in [5.74, 6) is 0.540. The Morgan fingerprint density at radius 2 is 2.04 bits per heavy atom. The van der Waals surface area contributed by atoms with Gasteiger partial charge in [0.15, 0.2) is 0 Å². The number of aromatic nitrogens is 2. The van der Waals surface area contributed by atoms with E-state index in [0.29, 0.717) is 12.4 Å². The monoisotopic (exact) mass is 329 g/mol. The summed E-state index contributed by atoms with van der Waals surface area (Å²) in [7, 11) is 1.81. The second-order valence-corrected chi connectivity index (χ2v) is 5.87. The molecule has 24 heavy (non-hydrogen) atoms. The van der Waals surface area contributed by atoms with Crippen molar-refractivity contribution >= 4 is 23.0 Å². The number of nitro groups is 1. The first kappa shape index (κ1) is 17.7. The van der Waals surface area contributed by atoms with Gasteiger partial charge in [0.1, 0.15) is 6.33 Å². The molecule has 0 amide bonds. The van der Waals surface area contributed by atoms with Crippen molar-refractivity contribution in [1.82, 2.24) is 9.97 Å². The summed E-state index contributed by atoms with van der Waals surface area (Å²) in [6.45, 7) is 6.71. The van der Waals surface area contributed by atoms with E-state index < -0.39 is 4.92 Å². The van der Waals surface area contributed by atoms with E-state index in [1.54, 1.807) is 4.90 Å². The third-order valence-electron chi connectivity index (χ3n) is 3.84. The Balaban J connectivity index is 2.43. The lowest BCUT2D eigenvalue weighted by Crippen LogP contribution is -2.21. The third kappa shape index (κ3) is 3.98. The van der Waals surface area contributed by atoms with Gasteiger partial charge >= 0.3 is 5.69 Å². The number of nitrogens with one attached hydrogen (secondary N) is 1. The van der Waals surface area contributed by atoms with Crippen LogP contribution in [0.15, 0.2) is 24.5 Å². The molecule has 2 rings (SSSR count). The Hall–Kier alpha value is -2.70. The van der Waals surface area contributed by atoms with E-state index in [1.807, 2.05) is 39.1 Å². The molecule has 1 aromatic carbocycles. The van der Waals surface area contributed by atoms with Gasteiger partial charge in [-0.1, -0.05) is 25.5 Å². The highest BCUT2D eigenvalue weighted by Gasteiger charge is 2.25. The molecule has 0 aliphatic heterocycles. The maximum atomic E-state index is 11.6. The molecule has 0 saturated heterocycles. The maximum absolute atomic E-state index is 11.6. The van der Waals surface area contributed by atoms with E-state index in [-0.39, 0.29) is 11.5 Å². The van der Waals surface area contributed by atoms with Crippen molar-refractivity contribution in [1.29, 1.82) is 0 Å². The zero-order chi connectivity index (χ0) is 17.7. The Labute approximate surface area is 141 Å². The van der Waals surface area contributed by atoms with Gasteiger partial charge in [-0.2, -0.15) is 0 Å². The first-order chi connectivity index (χ1) is 11.4. The maximum Gasteiger partial charge on any atom is 0.353 e. The molecule has 7 heteroatoms. The summed E-state index contributed by atoms with van der Waals surface area (Å²) < 4.78 is 0. The largest absolute Gasteiger partial charge is 0.354 e. The van der Waals surface area contributed by atoms with Gasteiger partial charge in [0.25, 0.3) is 0 Å². The van der Waals surface area contributed by atoms with Gasteiger partial charge in [-0.15, -0.1) is 0 Å². The van der Waals surface area contributed by atoms with Crippen molar-refractivity contribution in [2.24, 2.45) is 0 Å². The molecule has 0 bridgehead atoms. The zero-order valence-electron chi connectivity index (χ0n) is 14.5. The van der Waals surface area contributed by atoms with Crippen LogP contribution >= 0.6 is 0 Å². The fourth-order valence-electron chi connectivity index (χ4n) is 2.41. The first-order valence-electron chi connectivity index (χ1n) is 7.98. The second-order valence-electron chi connectivity index (χ2n) is 5.87. The molecular formula is C17H23N5O2. The van der Waals surface area contributed by atoms with Gasteiger partial charge in [0.05, 0.1) is 4.92 Å². The Kier molecular flexibility index (Phi) is 5.68. The van der Waals surface area contributed by atoms with Crippen LogP contribution in [0.2, 0.25) is 0 Å². The minimum Gasteiger partial charge on any atom is -0.354 e. The number of benzene rings is 1. The van der Waals surface area contributed by atoms with Gasteiger partial charge in [0, 0.05) is 19.3 Å². The summed E-state index contributed by atoms with van der Waals surface area (Å²) in [4.78, 5) is 21.2. The molecule has 0 saturated carbocycles. The van der Waals surface area contributed by atoms with Crippen LogP contribution in [0, 0.1) is 24.0 Å². The molecule has 0 radical (unpaired) electrons. The molecule has 1 heterocycles. The minimum absolute atomic E-state index is 0.1000. The van der Waals surface area contributed by atoms with Crippen LogP contribution in [-0.2, 0) is 0 Å². The van der Waals surface area contributed by atoms with Crippen molar-refractivity contribution in [2.75, 3.05) is 23.8 Å². The van der Waals surface area contributed by atoms with Gasteiger partial charge in [0.2, 0.25) is 11.6 Å². The predicted molar refractivity (Wildman–Crippen MR) is 96.1 cm³/mol. The van der Waals surface area contributed by atoms with E-state index in [1.165, 1.54) is 6.33 Å². The molecule has 1 aromatic heterocycles. The number of aryl methyl sites for hydroxylation is 2. The van der Waals surface area contributed by atoms with E-state index in [0.717, 1.165) is 29.7 Å². The van der Waals surface area contributed by atoms with Gasteiger partial charge in [-0.25, -0.2) is 9.97 Å². The number of nitrogens with zero attached hydrogens (tertiary/aromatic N) is 4. The van der Waals surface area contributed by atoms with Crippen molar-refractivity contribution < 1.29 is 4.92 Å². The standard InChI is InChI=1S/C17H23N5O2/c1-5-6-9-21(4)17-15(22(23)24)16(18-11-19-17)20-14-10-12(2)7-8-13(14)3/h7-8,10-11H,5-6,9H2,1-4H3,(H,18,19,20). The van der Waals surface area contributed by atoms with Crippen LogP contribution in [0.25, 0.3) is 0 Å². The molecule has 0 unspecified atom stereocenters. The average molecular weight is 329 g/mol. The SMILES string of the molecule is CCCCN(C)c1ncnc(Nc2cc(C)ccc2C)c1[N+](=O)[O-]. The lowest BCUT2D eigenvalue weighted by atomic mass is 10.1. The molecule has 1 N–H and O–H groups in total. The van der Waals surface area contributed by atoms with Crippen LogP contribution < -0.4 is 10.2 Å². The average Bonchev–Trinajstić information content (AvgIpc) is 2.55. The molecule has 0 fully saturated rings. The smallest absolute Gasteiger partial charge is 0.353 e. The summed E-state index contributed by atoms with van der Waals surface area (Å²) in [5.41, 5.74) is 2.77. The third-order valence-corrected chi connectivity index (χ3v) is 3.84. The van der Waals surface area contributed by atoms with Gasteiger partial charge < -0.3 is 10.2 Å². The van der Waals surface area contributed by atoms with E-state index in [2.05, 4.69) is 22.2 Å². The van der Waals surface area contributed by atoms with Gasteiger partial charge in [-0.05, 0) is 37.5 Å². The van der Waals surface area contributed by atoms with Crippen molar-refractivity contribution in [3.05, 3.63) is 45.8 Å². The second kappa shape index (κ2) is 7.72. The van der Waals surface area contributed by atoms with Crippen molar-refractivity contribution in [3.63, 3.8) is 0 Å². The lowest BCUT2D eigenvalue weighted by Gasteiger charge is -2.18. The van der Waals surface area contributed by atoms with E-state index >= 15 is 0 Å². The van der Waals surface area contributed by atoms with Crippen LogP contribution in [0.5, 0.6) is 0 Å². The fourth-order valence-corrected chi connectivity index (χ4v) is 2.41. The molecule has 0 spiro atoms. The number of unbranched alkanes of at least 4 members (excludes halogenated alkanes) is 1. The van der Waals surface area contributed by atoms with E-state index in [4.69, 9.17) is 0 Å². The van der Waals surface area contributed by atoms with Crippen LogP contribution in [-0.4, -0.2) is 28.5 Å². The summed E-state index contributed by atoms with van der Waals surface area (Å²) in [6.07, 6.45) is 3.31. The molecule has 0 aliphatic carbocycles. The summed E-state index contributed by atoms with van der Waals surface area (Å²) in [5, 5.41) is 14.7. The topological polar surface area (TPSA) is 84.2 Å².